The van der Waals surface area contributed by atoms with Gasteiger partial charge in [0.15, 0.2) is 5.78 Å². The van der Waals surface area contributed by atoms with E-state index in [1.54, 1.807) is 19.1 Å². The van der Waals surface area contributed by atoms with Gasteiger partial charge in [0.05, 0.1) is 0 Å². The molecule has 0 aliphatic carbocycles. The van der Waals surface area contributed by atoms with E-state index in [2.05, 4.69) is 11.9 Å². The van der Waals surface area contributed by atoms with Gasteiger partial charge in [0.25, 0.3) is 0 Å². The third kappa shape index (κ3) is 4.09. The molecule has 1 unspecified atom stereocenters. The molecule has 0 amide bonds. The van der Waals surface area contributed by atoms with Crippen molar-refractivity contribution in [2.24, 2.45) is 0 Å². The molecule has 0 saturated carbocycles. The van der Waals surface area contributed by atoms with Crippen molar-refractivity contribution in [1.82, 2.24) is 5.32 Å². The monoisotopic (exact) mass is 339 g/mol. The molecule has 0 spiro atoms. The molecule has 2 aromatic carbocycles. The number of ketones is 1. The van der Waals surface area contributed by atoms with Crippen molar-refractivity contribution in [3.8, 4) is 16.9 Å². The van der Waals surface area contributed by atoms with Gasteiger partial charge in [-0.05, 0) is 67.6 Å². The predicted octanol–water partition coefficient (Wildman–Crippen LogP) is 3.52. The van der Waals surface area contributed by atoms with E-state index < -0.39 is 5.54 Å². The fourth-order valence-corrected chi connectivity index (χ4v) is 2.96. The average molecular weight is 339 g/mol. The number of Topliss-reactive ketones (excluding diaryl/α,β-unsaturated/α-hetero) is 1. The standard InChI is InChI=1S/C21H25NO3/c1-14(2)22-21(4,15(3)24)18-7-5-6-17(12-18)20-13-19(25)9-8-16(20)10-11-23/h5-9,12-13,22-23,25H,1,10-11H2,2-4H3. The van der Waals surface area contributed by atoms with Crippen LogP contribution in [0.4, 0.5) is 0 Å². The maximum Gasteiger partial charge on any atom is 0.159 e. The SMILES string of the molecule is C=C(C)NC(C)(C(C)=O)c1cccc(-c2cc(O)ccc2CCO)c1. The maximum atomic E-state index is 12.3. The van der Waals surface area contributed by atoms with E-state index in [4.69, 9.17) is 0 Å². The molecule has 3 N–H and O–H groups in total. The lowest BCUT2D eigenvalue weighted by molar-refractivity contribution is -0.122. The topological polar surface area (TPSA) is 69.6 Å². The molecule has 4 nitrogen and oxygen atoms in total. The molecule has 0 aliphatic rings. The first-order chi connectivity index (χ1) is 11.8. The highest BCUT2D eigenvalue weighted by Crippen LogP contribution is 2.32. The minimum absolute atomic E-state index is 0.0147. The van der Waals surface area contributed by atoms with Gasteiger partial charge >= 0.3 is 0 Å². The Morgan fingerprint density at radius 2 is 1.92 bits per heavy atom. The van der Waals surface area contributed by atoms with Crippen LogP contribution in [0.25, 0.3) is 11.1 Å². The molecule has 2 aromatic rings. The van der Waals surface area contributed by atoms with Gasteiger partial charge in [-0.3, -0.25) is 4.79 Å². The molecule has 0 fully saturated rings. The number of phenols is 1. The van der Waals surface area contributed by atoms with E-state index >= 15 is 0 Å². The number of hydrogen-bond donors (Lipinski definition) is 3. The first-order valence-corrected chi connectivity index (χ1v) is 8.26. The Morgan fingerprint density at radius 3 is 2.52 bits per heavy atom. The summed E-state index contributed by atoms with van der Waals surface area (Å²) in [6.45, 7) is 9.08. The summed E-state index contributed by atoms with van der Waals surface area (Å²) in [5.74, 6) is 0.149. The van der Waals surface area contributed by atoms with Crippen LogP contribution in [0, 0.1) is 0 Å². The Kier molecular flexibility index (Phi) is 5.65. The van der Waals surface area contributed by atoms with Crippen LogP contribution in [-0.4, -0.2) is 22.6 Å². The second-order valence-corrected chi connectivity index (χ2v) is 6.48. The molecule has 0 radical (unpaired) electrons. The first-order valence-electron chi connectivity index (χ1n) is 8.26. The summed E-state index contributed by atoms with van der Waals surface area (Å²) in [7, 11) is 0. The summed E-state index contributed by atoms with van der Waals surface area (Å²) in [5.41, 5.74) is 3.32. The summed E-state index contributed by atoms with van der Waals surface area (Å²) >= 11 is 0. The van der Waals surface area contributed by atoms with Gasteiger partial charge < -0.3 is 15.5 Å². The third-order valence-corrected chi connectivity index (χ3v) is 4.39. The zero-order valence-electron chi connectivity index (χ0n) is 15.0. The molecule has 4 heteroatoms. The molecule has 0 heterocycles. The van der Waals surface area contributed by atoms with Gasteiger partial charge in [-0.25, -0.2) is 0 Å². The Hall–Kier alpha value is -2.59. The molecule has 0 saturated heterocycles. The lowest BCUT2D eigenvalue weighted by atomic mass is 9.85. The number of allylic oxidation sites excluding steroid dienone is 1. The number of rotatable bonds is 7. The lowest BCUT2D eigenvalue weighted by Crippen LogP contribution is -2.44. The Labute approximate surface area is 148 Å². The van der Waals surface area contributed by atoms with E-state index in [1.807, 2.05) is 44.2 Å². The molecule has 1 atom stereocenters. The Balaban J connectivity index is 2.57. The van der Waals surface area contributed by atoms with E-state index in [-0.39, 0.29) is 18.1 Å². The van der Waals surface area contributed by atoms with Crippen LogP contribution in [0.3, 0.4) is 0 Å². The summed E-state index contributed by atoms with van der Waals surface area (Å²) in [4.78, 5) is 12.3. The maximum absolute atomic E-state index is 12.3. The van der Waals surface area contributed by atoms with Gasteiger partial charge in [0.2, 0.25) is 0 Å². The summed E-state index contributed by atoms with van der Waals surface area (Å²) in [5, 5.41) is 22.3. The molecule has 25 heavy (non-hydrogen) atoms. The molecule has 0 aromatic heterocycles. The fraction of sp³-hybridized carbons (Fsp3) is 0.286. The largest absolute Gasteiger partial charge is 0.508 e. The molecular weight excluding hydrogens is 314 g/mol. The molecule has 0 aliphatic heterocycles. The zero-order chi connectivity index (χ0) is 18.6. The predicted molar refractivity (Wildman–Crippen MR) is 100 cm³/mol. The quantitative estimate of drug-likeness (QED) is 0.722. The van der Waals surface area contributed by atoms with E-state index in [0.29, 0.717) is 12.1 Å². The zero-order valence-corrected chi connectivity index (χ0v) is 15.0. The normalized spacial score (nSPS) is 13.1. The number of nitrogens with one attached hydrogen (secondary N) is 1. The number of phenolic OH excluding ortho intramolecular Hbond substituents is 1. The number of aliphatic hydroxyl groups excluding tert-OH is 1. The summed E-state index contributed by atoms with van der Waals surface area (Å²) < 4.78 is 0. The van der Waals surface area contributed by atoms with Crippen LogP contribution in [0.5, 0.6) is 5.75 Å². The highest BCUT2D eigenvalue weighted by molar-refractivity contribution is 5.88. The van der Waals surface area contributed by atoms with Crippen LogP contribution in [0.1, 0.15) is 31.9 Å². The smallest absolute Gasteiger partial charge is 0.159 e. The van der Waals surface area contributed by atoms with Gasteiger partial charge in [0.1, 0.15) is 11.3 Å². The lowest BCUT2D eigenvalue weighted by Gasteiger charge is -2.30. The van der Waals surface area contributed by atoms with Crippen LogP contribution >= 0.6 is 0 Å². The third-order valence-electron chi connectivity index (χ3n) is 4.39. The number of carbonyl (C=O) groups is 1. The average Bonchev–Trinajstić information content (AvgIpc) is 2.56. The number of aromatic hydroxyl groups is 1. The number of hydrogen-bond acceptors (Lipinski definition) is 4. The molecule has 0 bridgehead atoms. The summed E-state index contributed by atoms with van der Waals surface area (Å²) in [6, 6.07) is 12.8. The second kappa shape index (κ2) is 7.53. The first kappa shape index (κ1) is 18.7. The minimum atomic E-state index is -0.879. The van der Waals surface area contributed by atoms with Crippen LogP contribution in [0.15, 0.2) is 54.7 Å². The van der Waals surface area contributed by atoms with E-state index in [0.717, 1.165) is 22.3 Å². The molecule has 132 valence electrons. The van der Waals surface area contributed by atoms with Crippen molar-refractivity contribution in [2.75, 3.05) is 6.61 Å². The van der Waals surface area contributed by atoms with E-state index in [1.165, 1.54) is 0 Å². The van der Waals surface area contributed by atoms with Crippen LogP contribution in [0.2, 0.25) is 0 Å². The van der Waals surface area contributed by atoms with Crippen molar-refractivity contribution in [1.29, 1.82) is 0 Å². The van der Waals surface area contributed by atoms with Gasteiger partial charge in [-0.15, -0.1) is 0 Å². The van der Waals surface area contributed by atoms with Crippen molar-refractivity contribution in [2.45, 2.75) is 32.7 Å². The highest BCUT2D eigenvalue weighted by atomic mass is 16.3. The molecular formula is C21H25NO3. The Morgan fingerprint density at radius 1 is 1.20 bits per heavy atom. The number of carbonyl (C=O) groups excluding carboxylic acids is 1. The van der Waals surface area contributed by atoms with E-state index in [9.17, 15) is 15.0 Å². The van der Waals surface area contributed by atoms with Gasteiger partial charge in [-0.2, -0.15) is 0 Å². The van der Waals surface area contributed by atoms with Gasteiger partial charge in [-0.1, -0.05) is 30.8 Å². The van der Waals surface area contributed by atoms with Crippen LogP contribution < -0.4 is 5.32 Å². The number of benzene rings is 2. The van der Waals surface area contributed by atoms with Crippen molar-refractivity contribution >= 4 is 5.78 Å². The fourth-order valence-electron chi connectivity index (χ4n) is 2.96. The van der Waals surface area contributed by atoms with Crippen LogP contribution in [-0.2, 0) is 16.8 Å². The second-order valence-electron chi connectivity index (χ2n) is 6.48. The number of aliphatic hydroxyl groups is 1. The Bertz CT molecular complexity index is 797. The highest BCUT2D eigenvalue weighted by Gasteiger charge is 2.31. The summed E-state index contributed by atoms with van der Waals surface area (Å²) in [6.07, 6.45) is 0.494. The van der Waals surface area contributed by atoms with Gasteiger partial charge in [0, 0.05) is 12.3 Å². The van der Waals surface area contributed by atoms with Crippen molar-refractivity contribution in [3.63, 3.8) is 0 Å². The minimum Gasteiger partial charge on any atom is -0.508 e. The molecule has 2 rings (SSSR count). The van der Waals surface area contributed by atoms with Crippen molar-refractivity contribution < 1.29 is 15.0 Å². The van der Waals surface area contributed by atoms with Crippen molar-refractivity contribution in [3.05, 3.63) is 65.9 Å².